The lowest BCUT2D eigenvalue weighted by Gasteiger charge is -2.13. The van der Waals surface area contributed by atoms with E-state index in [-0.39, 0.29) is 17.4 Å². The second-order valence-electron chi connectivity index (χ2n) is 7.86. The van der Waals surface area contributed by atoms with E-state index in [1.807, 2.05) is 13.8 Å². The van der Waals surface area contributed by atoms with Gasteiger partial charge in [-0.15, -0.1) is 0 Å². The number of carbonyl (C=O) groups excluding carboxylic acids is 1. The topological polar surface area (TPSA) is 106 Å². The summed E-state index contributed by atoms with van der Waals surface area (Å²) in [7, 11) is 0. The van der Waals surface area contributed by atoms with Crippen LogP contribution in [0.3, 0.4) is 0 Å². The quantitative estimate of drug-likeness (QED) is 0.675. The zero-order valence-corrected chi connectivity index (χ0v) is 16.5. The van der Waals surface area contributed by atoms with Crippen molar-refractivity contribution in [1.82, 2.24) is 25.3 Å². The molecule has 1 amide bonds. The molecule has 8 nitrogen and oxygen atoms in total. The van der Waals surface area contributed by atoms with E-state index >= 15 is 0 Å². The molecule has 2 N–H and O–H groups in total. The zero-order chi connectivity index (χ0) is 19.9. The van der Waals surface area contributed by atoms with Crippen molar-refractivity contribution in [2.45, 2.75) is 58.5 Å². The Morgan fingerprint density at radius 2 is 2.07 bits per heavy atom. The van der Waals surface area contributed by atoms with Crippen LogP contribution in [0.25, 0.3) is 11.1 Å². The minimum Gasteiger partial charge on any atom is -0.442 e. The molecule has 146 valence electrons. The Morgan fingerprint density at radius 1 is 1.29 bits per heavy atom. The molecule has 8 heteroatoms. The standard InChI is InChI=1S/C20H24N6O2/c1-11(2)16-21-8-5-13(25-16)9-22-18(27)14-12(3)28-19-15(14)17(23-10-24-19)26-20(4)6-7-20/h5,8,10-11H,6-7,9H2,1-4H3,(H,22,27)(H,23,24,26). The molecule has 3 aromatic heterocycles. The van der Waals surface area contributed by atoms with Gasteiger partial charge in [-0.1, -0.05) is 13.8 Å². The minimum absolute atomic E-state index is 0.0222. The molecule has 3 heterocycles. The molecule has 0 atom stereocenters. The van der Waals surface area contributed by atoms with Crippen molar-refractivity contribution in [2.24, 2.45) is 0 Å². The second kappa shape index (κ2) is 6.85. The third kappa shape index (κ3) is 3.54. The molecule has 0 aliphatic heterocycles. The van der Waals surface area contributed by atoms with Gasteiger partial charge in [-0.2, -0.15) is 0 Å². The first kappa shape index (κ1) is 18.3. The van der Waals surface area contributed by atoms with Gasteiger partial charge in [0.1, 0.15) is 23.7 Å². The molecule has 1 aliphatic carbocycles. The third-order valence-electron chi connectivity index (χ3n) is 4.99. The Kier molecular flexibility index (Phi) is 4.49. The molecule has 4 rings (SSSR count). The lowest BCUT2D eigenvalue weighted by molar-refractivity contribution is 0.0950. The van der Waals surface area contributed by atoms with Gasteiger partial charge < -0.3 is 15.1 Å². The summed E-state index contributed by atoms with van der Waals surface area (Å²) in [6.45, 7) is 8.28. The highest BCUT2D eigenvalue weighted by molar-refractivity contribution is 6.10. The largest absolute Gasteiger partial charge is 0.442 e. The molecule has 1 aliphatic rings. The number of hydrogen-bond donors (Lipinski definition) is 2. The summed E-state index contributed by atoms with van der Waals surface area (Å²) in [4.78, 5) is 30.3. The lowest BCUT2D eigenvalue weighted by Crippen LogP contribution is -2.24. The lowest BCUT2D eigenvalue weighted by atomic mass is 10.1. The predicted octanol–water partition coefficient (Wildman–Crippen LogP) is 3.34. The van der Waals surface area contributed by atoms with Crippen molar-refractivity contribution in [3.05, 3.63) is 41.4 Å². The molecule has 0 aromatic carbocycles. The summed E-state index contributed by atoms with van der Waals surface area (Å²) in [5, 5.41) is 6.98. The highest BCUT2D eigenvalue weighted by Crippen LogP contribution is 2.40. The Bertz CT molecular complexity index is 1040. The van der Waals surface area contributed by atoms with E-state index in [4.69, 9.17) is 4.42 Å². The molecule has 28 heavy (non-hydrogen) atoms. The fraction of sp³-hybridized carbons (Fsp3) is 0.450. The maximum Gasteiger partial charge on any atom is 0.255 e. The van der Waals surface area contributed by atoms with Gasteiger partial charge in [-0.05, 0) is 32.8 Å². The van der Waals surface area contributed by atoms with Crippen LogP contribution in [0, 0.1) is 6.92 Å². The average Bonchev–Trinajstić information content (AvgIpc) is 3.28. The van der Waals surface area contributed by atoms with Crippen LogP contribution in [-0.2, 0) is 6.54 Å². The van der Waals surface area contributed by atoms with E-state index in [0.29, 0.717) is 34.8 Å². The zero-order valence-electron chi connectivity index (χ0n) is 16.5. The number of amides is 1. The van der Waals surface area contributed by atoms with Crippen molar-refractivity contribution in [2.75, 3.05) is 5.32 Å². The van der Waals surface area contributed by atoms with Crippen molar-refractivity contribution < 1.29 is 9.21 Å². The van der Waals surface area contributed by atoms with Crippen molar-refractivity contribution in [3.63, 3.8) is 0 Å². The van der Waals surface area contributed by atoms with Gasteiger partial charge in [0.05, 0.1) is 23.2 Å². The number of aromatic nitrogens is 4. The summed E-state index contributed by atoms with van der Waals surface area (Å²) in [6, 6.07) is 1.80. The van der Waals surface area contributed by atoms with Crippen molar-refractivity contribution in [1.29, 1.82) is 0 Å². The van der Waals surface area contributed by atoms with E-state index in [2.05, 4.69) is 37.5 Å². The van der Waals surface area contributed by atoms with Crippen LogP contribution in [0.5, 0.6) is 0 Å². The van der Waals surface area contributed by atoms with Gasteiger partial charge in [-0.25, -0.2) is 19.9 Å². The maximum atomic E-state index is 13.0. The smallest absolute Gasteiger partial charge is 0.255 e. The molecule has 1 saturated carbocycles. The summed E-state index contributed by atoms with van der Waals surface area (Å²) in [5.74, 6) is 1.90. The summed E-state index contributed by atoms with van der Waals surface area (Å²) in [6.07, 6.45) is 5.31. The Labute approximate surface area is 163 Å². The van der Waals surface area contributed by atoms with E-state index in [1.54, 1.807) is 19.2 Å². The summed E-state index contributed by atoms with van der Waals surface area (Å²) in [5.41, 5.74) is 1.65. The molecular weight excluding hydrogens is 356 g/mol. The van der Waals surface area contributed by atoms with E-state index < -0.39 is 0 Å². The van der Waals surface area contributed by atoms with Gasteiger partial charge in [0.15, 0.2) is 0 Å². The first-order chi connectivity index (χ1) is 13.4. The number of fused-ring (bicyclic) bond motifs is 1. The van der Waals surface area contributed by atoms with Crippen molar-refractivity contribution in [3.8, 4) is 0 Å². The van der Waals surface area contributed by atoms with Crippen LogP contribution in [0.1, 0.15) is 67.2 Å². The fourth-order valence-corrected chi connectivity index (χ4v) is 3.06. The van der Waals surface area contributed by atoms with Crippen LogP contribution < -0.4 is 10.6 Å². The van der Waals surface area contributed by atoms with Gasteiger partial charge >= 0.3 is 0 Å². The molecular formula is C20H24N6O2. The second-order valence-corrected chi connectivity index (χ2v) is 7.86. The summed E-state index contributed by atoms with van der Waals surface area (Å²) < 4.78 is 5.72. The normalized spacial score (nSPS) is 15.0. The van der Waals surface area contributed by atoms with Gasteiger partial charge in [0, 0.05) is 17.7 Å². The Hall–Kier alpha value is -3.03. The van der Waals surface area contributed by atoms with E-state index in [0.717, 1.165) is 24.4 Å². The number of nitrogens with zero attached hydrogens (tertiary/aromatic N) is 4. The molecule has 0 unspecified atom stereocenters. The number of aryl methyl sites for hydroxylation is 1. The van der Waals surface area contributed by atoms with Crippen molar-refractivity contribution >= 4 is 22.8 Å². The molecule has 0 bridgehead atoms. The summed E-state index contributed by atoms with van der Waals surface area (Å²) >= 11 is 0. The number of anilines is 1. The van der Waals surface area contributed by atoms with Crippen LogP contribution in [0.4, 0.5) is 5.82 Å². The van der Waals surface area contributed by atoms with Crippen LogP contribution >= 0.6 is 0 Å². The number of furan rings is 1. The maximum absolute atomic E-state index is 13.0. The molecule has 0 spiro atoms. The van der Waals surface area contributed by atoms with Crippen LogP contribution in [0.15, 0.2) is 23.0 Å². The van der Waals surface area contributed by atoms with Crippen LogP contribution in [-0.4, -0.2) is 31.4 Å². The van der Waals surface area contributed by atoms with Gasteiger partial charge in [0.2, 0.25) is 5.71 Å². The highest BCUT2D eigenvalue weighted by atomic mass is 16.3. The first-order valence-electron chi connectivity index (χ1n) is 9.48. The molecule has 0 radical (unpaired) electrons. The monoisotopic (exact) mass is 380 g/mol. The van der Waals surface area contributed by atoms with E-state index in [9.17, 15) is 4.79 Å². The Balaban J connectivity index is 1.60. The molecule has 1 fully saturated rings. The van der Waals surface area contributed by atoms with Crippen LogP contribution in [0.2, 0.25) is 0 Å². The first-order valence-corrected chi connectivity index (χ1v) is 9.48. The van der Waals surface area contributed by atoms with Gasteiger partial charge in [-0.3, -0.25) is 4.79 Å². The minimum atomic E-state index is -0.236. The van der Waals surface area contributed by atoms with E-state index in [1.165, 1.54) is 6.33 Å². The number of hydrogen-bond acceptors (Lipinski definition) is 7. The Morgan fingerprint density at radius 3 is 2.79 bits per heavy atom. The SMILES string of the molecule is Cc1oc2ncnc(NC3(C)CC3)c2c1C(=O)NCc1ccnc(C(C)C)n1. The highest BCUT2D eigenvalue weighted by Gasteiger charge is 2.38. The van der Waals surface area contributed by atoms with Gasteiger partial charge in [0.25, 0.3) is 5.91 Å². The molecule has 0 saturated heterocycles. The number of rotatable bonds is 6. The average molecular weight is 380 g/mol. The number of nitrogens with one attached hydrogen (secondary N) is 2. The number of carbonyl (C=O) groups is 1. The predicted molar refractivity (Wildman–Crippen MR) is 105 cm³/mol. The third-order valence-corrected chi connectivity index (χ3v) is 4.99. The fourth-order valence-electron chi connectivity index (χ4n) is 3.06. The molecule has 3 aromatic rings.